The summed E-state index contributed by atoms with van der Waals surface area (Å²) < 4.78 is 0.0159. The maximum atomic E-state index is 12.3. The van der Waals surface area contributed by atoms with Gasteiger partial charge in [-0.05, 0) is 32.8 Å². The Labute approximate surface area is 164 Å². The molecule has 2 amide bonds. The van der Waals surface area contributed by atoms with Gasteiger partial charge in [0, 0.05) is 6.54 Å². The fraction of sp³-hybridized carbons (Fsp3) is 0.500. The summed E-state index contributed by atoms with van der Waals surface area (Å²) in [5.74, 6) is 0. The van der Waals surface area contributed by atoms with Crippen LogP contribution in [0.3, 0.4) is 0 Å². The van der Waals surface area contributed by atoms with E-state index >= 15 is 0 Å². The van der Waals surface area contributed by atoms with Crippen molar-refractivity contribution < 1.29 is 10.0 Å². The number of carbonyl (C=O) groups is 1. The number of hydrogen-bond acceptors (Lipinski definition) is 5. The maximum Gasteiger partial charge on any atom is 0.343 e. The molecule has 0 spiro atoms. The third-order valence-corrected chi connectivity index (χ3v) is 5.58. The topological polar surface area (TPSA) is 68.2 Å². The molecule has 1 aliphatic heterocycles. The van der Waals surface area contributed by atoms with Crippen molar-refractivity contribution in [3.63, 3.8) is 0 Å². The van der Waals surface area contributed by atoms with Crippen LogP contribution in [0, 0.1) is 6.92 Å². The van der Waals surface area contributed by atoms with Crippen LogP contribution in [-0.4, -0.2) is 49.3 Å². The lowest BCUT2D eigenvalue weighted by Crippen LogP contribution is -2.55. The van der Waals surface area contributed by atoms with E-state index in [1.807, 2.05) is 52.0 Å². The molecular formula is C18H26N4O2S2. The number of hydrogen-bond donors (Lipinski definition) is 2. The van der Waals surface area contributed by atoms with Crippen molar-refractivity contribution in [1.29, 1.82) is 0 Å². The third kappa shape index (κ3) is 4.96. The first-order valence-corrected chi connectivity index (χ1v) is 9.87. The van der Waals surface area contributed by atoms with Gasteiger partial charge in [-0.3, -0.25) is 5.21 Å². The zero-order chi connectivity index (χ0) is 19.3. The number of thioether (sulfide) groups is 1. The lowest BCUT2D eigenvalue weighted by Gasteiger charge is -2.34. The number of amides is 2. The zero-order valence-corrected chi connectivity index (χ0v) is 17.2. The van der Waals surface area contributed by atoms with Gasteiger partial charge in [0.2, 0.25) is 0 Å². The van der Waals surface area contributed by atoms with Crippen LogP contribution >= 0.6 is 24.0 Å². The lowest BCUT2D eigenvalue weighted by molar-refractivity contribution is -0.118. The highest BCUT2D eigenvalue weighted by molar-refractivity contribution is 8.24. The molecule has 1 unspecified atom stereocenters. The van der Waals surface area contributed by atoms with Crippen molar-refractivity contribution in [2.45, 2.75) is 51.4 Å². The van der Waals surface area contributed by atoms with E-state index in [-0.39, 0.29) is 0 Å². The van der Waals surface area contributed by atoms with Gasteiger partial charge in [-0.15, -0.1) is 0 Å². The van der Waals surface area contributed by atoms with Crippen molar-refractivity contribution >= 4 is 40.5 Å². The first-order chi connectivity index (χ1) is 12.3. The Balaban J connectivity index is 2.18. The Morgan fingerprint density at radius 2 is 2.12 bits per heavy atom. The molecule has 0 saturated carbocycles. The van der Waals surface area contributed by atoms with E-state index in [0.29, 0.717) is 15.9 Å². The van der Waals surface area contributed by atoms with Crippen LogP contribution in [0.4, 0.5) is 4.79 Å². The number of hydroxylamine groups is 2. The number of rotatable bonds is 6. The highest BCUT2D eigenvalue weighted by Gasteiger charge is 2.49. The Kier molecular flexibility index (Phi) is 7.02. The summed E-state index contributed by atoms with van der Waals surface area (Å²) in [5.41, 5.74) is 2.09. The molecule has 0 aliphatic carbocycles. The van der Waals surface area contributed by atoms with Gasteiger partial charge in [-0.25, -0.2) is 9.80 Å². The van der Waals surface area contributed by atoms with Gasteiger partial charge in [0.05, 0.1) is 11.0 Å². The van der Waals surface area contributed by atoms with Crippen LogP contribution in [0.1, 0.15) is 44.7 Å². The highest BCUT2D eigenvalue weighted by atomic mass is 32.2. The van der Waals surface area contributed by atoms with Crippen molar-refractivity contribution in [2.24, 2.45) is 5.10 Å². The highest BCUT2D eigenvalue weighted by Crippen LogP contribution is 2.42. The minimum atomic E-state index is -0.691. The molecule has 8 heteroatoms. The van der Waals surface area contributed by atoms with Crippen LogP contribution in [0.5, 0.6) is 0 Å². The van der Waals surface area contributed by atoms with Crippen LogP contribution in [0.25, 0.3) is 0 Å². The molecule has 1 aromatic rings. The third-order valence-electron chi connectivity index (χ3n) is 4.05. The molecule has 0 bridgehead atoms. The molecule has 1 fully saturated rings. The molecule has 6 nitrogen and oxygen atoms in total. The molecule has 2 N–H and O–H groups in total. The Hall–Kier alpha value is -1.64. The van der Waals surface area contributed by atoms with Crippen molar-refractivity contribution in [3.05, 3.63) is 35.4 Å². The number of carbonyl (C=O) groups excluding carboxylic acids is 1. The van der Waals surface area contributed by atoms with E-state index < -0.39 is 16.9 Å². The summed E-state index contributed by atoms with van der Waals surface area (Å²) >= 11 is 6.83. The number of unbranched alkanes of at least 4 members (excludes halogenated alkanes) is 1. The van der Waals surface area contributed by atoms with Gasteiger partial charge in [-0.2, -0.15) is 10.2 Å². The number of benzene rings is 1. The molecule has 1 aromatic carbocycles. The van der Waals surface area contributed by atoms with Crippen LogP contribution in [-0.2, 0) is 0 Å². The van der Waals surface area contributed by atoms with Crippen LogP contribution in [0.15, 0.2) is 29.4 Å². The number of hydrazone groups is 1. The van der Waals surface area contributed by atoms with Gasteiger partial charge in [0.15, 0.2) is 10.5 Å². The molecule has 1 saturated heterocycles. The average molecular weight is 395 g/mol. The molecule has 1 atom stereocenters. The number of urea groups is 1. The molecule has 0 aromatic heterocycles. The van der Waals surface area contributed by atoms with E-state index in [4.69, 9.17) is 12.2 Å². The van der Waals surface area contributed by atoms with E-state index in [1.54, 1.807) is 6.21 Å². The molecular weight excluding hydrogens is 368 g/mol. The van der Waals surface area contributed by atoms with Crippen LogP contribution in [0.2, 0.25) is 0 Å². The first-order valence-electron chi connectivity index (χ1n) is 8.65. The SMILES string of the molecule is CCCCNC(=O)N(O)C1N(N=Cc2ccc(C)cc2)C(=S)SC1(C)C. The second-order valence-corrected chi connectivity index (χ2v) is 9.06. The zero-order valence-electron chi connectivity index (χ0n) is 15.6. The minimum absolute atomic E-state index is 0.501. The van der Waals surface area contributed by atoms with E-state index in [0.717, 1.165) is 18.4 Å². The lowest BCUT2D eigenvalue weighted by atomic mass is 10.1. The van der Waals surface area contributed by atoms with Gasteiger partial charge < -0.3 is 5.32 Å². The minimum Gasteiger partial charge on any atom is -0.336 e. The fourth-order valence-electron chi connectivity index (χ4n) is 2.57. The van der Waals surface area contributed by atoms with Crippen molar-refractivity contribution in [3.8, 4) is 0 Å². The fourth-order valence-corrected chi connectivity index (χ4v) is 4.36. The summed E-state index contributed by atoms with van der Waals surface area (Å²) in [6.07, 6.45) is 2.82. The standard InChI is InChI=1S/C18H26N4O2S2/c1-5-6-11-19-16(23)22(24)15-18(3,4)26-17(25)21(15)20-12-14-9-7-13(2)8-10-14/h7-10,12,15,24H,5-6,11H2,1-4H3,(H,19,23). The summed E-state index contributed by atoms with van der Waals surface area (Å²) in [5, 5.41) is 19.9. The normalized spacial score (nSPS) is 19.2. The second kappa shape index (κ2) is 8.83. The van der Waals surface area contributed by atoms with Crippen molar-refractivity contribution in [1.82, 2.24) is 15.4 Å². The summed E-state index contributed by atoms with van der Waals surface area (Å²) in [6.45, 7) is 8.44. The Bertz CT molecular complexity index is 676. The van der Waals surface area contributed by atoms with E-state index in [2.05, 4.69) is 10.4 Å². The van der Waals surface area contributed by atoms with E-state index in [9.17, 15) is 10.0 Å². The smallest absolute Gasteiger partial charge is 0.336 e. The monoisotopic (exact) mass is 394 g/mol. The quantitative estimate of drug-likeness (QED) is 0.251. The summed E-state index contributed by atoms with van der Waals surface area (Å²) in [6, 6.07) is 7.37. The maximum absolute atomic E-state index is 12.3. The predicted molar refractivity (Wildman–Crippen MR) is 111 cm³/mol. The number of nitrogens with zero attached hydrogens (tertiary/aromatic N) is 3. The van der Waals surface area contributed by atoms with Crippen molar-refractivity contribution in [2.75, 3.05) is 6.54 Å². The Morgan fingerprint density at radius 1 is 1.46 bits per heavy atom. The van der Waals surface area contributed by atoms with Gasteiger partial charge >= 0.3 is 6.03 Å². The summed E-state index contributed by atoms with van der Waals surface area (Å²) in [7, 11) is 0. The molecule has 2 rings (SSSR count). The van der Waals surface area contributed by atoms with Gasteiger partial charge in [0.1, 0.15) is 0 Å². The van der Waals surface area contributed by atoms with Gasteiger partial charge in [0.25, 0.3) is 0 Å². The number of aryl methyl sites for hydroxylation is 1. The molecule has 0 radical (unpaired) electrons. The first kappa shape index (κ1) is 20.7. The molecule has 26 heavy (non-hydrogen) atoms. The Morgan fingerprint density at radius 3 is 2.73 bits per heavy atom. The second-order valence-electron chi connectivity index (χ2n) is 6.77. The molecule has 1 heterocycles. The van der Waals surface area contributed by atoms with Gasteiger partial charge in [-0.1, -0.05) is 67.2 Å². The largest absolute Gasteiger partial charge is 0.343 e. The number of nitrogens with one attached hydrogen (secondary N) is 1. The molecule has 142 valence electrons. The van der Waals surface area contributed by atoms with E-state index in [1.165, 1.54) is 22.3 Å². The van der Waals surface area contributed by atoms with Crippen LogP contribution < -0.4 is 5.32 Å². The average Bonchev–Trinajstić information content (AvgIpc) is 2.81. The molecule has 1 aliphatic rings. The predicted octanol–water partition coefficient (Wildman–Crippen LogP) is 3.97. The summed E-state index contributed by atoms with van der Waals surface area (Å²) in [4.78, 5) is 12.3. The number of thiocarbonyl (C=S) groups is 1.